The minimum atomic E-state index is -0.529. The number of nitrogen functional groups attached to an aromatic ring is 1. The first-order valence-electron chi connectivity index (χ1n) is 4.97. The van der Waals surface area contributed by atoms with Crippen molar-refractivity contribution in [3.8, 4) is 0 Å². The van der Waals surface area contributed by atoms with Crippen molar-refractivity contribution >= 4 is 17.5 Å². The normalized spacial score (nSPS) is 9.81. The number of carbonyl (C=O) groups is 2. The monoisotopic (exact) mass is 221 g/mol. The van der Waals surface area contributed by atoms with E-state index in [-0.39, 0.29) is 12.5 Å². The summed E-state index contributed by atoms with van der Waals surface area (Å²) in [4.78, 5) is 24.1. The minimum Gasteiger partial charge on any atom is -0.399 e. The molecule has 1 rings (SSSR count). The number of likely N-dealkylation sites (N-methyl/N-ethyl adjacent to an activating group) is 1. The number of primary amides is 1. The Balaban J connectivity index is 2.86. The van der Waals surface area contributed by atoms with Crippen molar-refractivity contribution < 1.29 is 9.59 Å². The molecule has 86 valence electrons. The van der Waals surface area contributed by atoms with E-state index in [9.17, 15) is 9.59 Å². The summed E-state index contributed by atoms with van der Waals surface area (Å²) in [6, 6.07) is 6.62. The maximum absolute atomic E-state index is 11.9. The minimum absolute atomic E-state index is 0.0792. The quantitative estimate of drug-likeness (QED) is 0.712. The molecule has 4 N–H and O–H groups in total. The number of hydrogen-bond acceptors (Lipinski definition) is 3. The largest absolute Gasteiger partial charge is 0.399 e. The summed E-state index contributed by atoms with van der Waals surface area (Å²) >= 11 is 0. The van der Waals surface area contributed by atoms with Crippen molar-refractivity contribution in [1.82, 2.24) is 4.90 Å². The van der Waals surface area contributed by atoms with Crippen LogP contribution in [-0.4, -0.2) is 29.8 Å². The van der Waals surface area contributed by atoms with Crippen LogP contribution in [0.15, 0.2) is 24.3 Å². The van der Waals surface area contributed by atoms with Crippen LogP contribution in [-0.2, 0) is 4.79 Å². The van der Waals surface area contributed by atoms with Crippen molar-refractivity contribution in [3.63, 3.8) is 0 Å². The van der Waals surface area contributed by atoms with Gasteiger partial charge in [0.05, 0.1) is 6.54 Å². The van der Waals surface area contributed by atoms with Gasteiger partial charge in [0, 0.05) is 17.8 Å². The van der Waals surface area contributed by atoms with Gasteiger partial charge < -0.3 is 16.4 Å². The molecule has 5 nitrogen and oxygen atoms in total. The maximum atomic E-state index is 11.9. The van der Waals surface area contributed by atoms with Gasteiger partial charge >= 0.3 is 0 Å². The van der Waals surface area contributed by atoms with Crippen LogP contribution in [0.1, 0.15) is 17.3 Å². The molecule has 0 aliphatic carbocycles. The van der Waals surface area contributed by atoms with Gasteiger partial charge in [-0.2, -0.15) is 0 Å². The lowest BCUT2D eigenvalue weighted by molar-refractivity contribution is -0.118. The Morgan fingerprint density at radius 3 is 2.56 bits per heavy atom. The number of anilines is 1. The predicted molar refractivity (Wildman–Crippen MR) is 61.6 cm³/mol. The highest BCUT2D eigenvalue weighted by molar-refractivity contribution is 5.97. The van der Waals surface area contributed by atoms with Gasteiger partial charge in [0.2, 0.25) is 5.91 Å². The van der Waals surface area contributed by atoms with Gasteiger partial charge in [-0.05, 0) is 25.1 Å². The first-order chi connectivity index (χ1) is 7.54. The highest BCUT2D eigenvalue weighted by Gasteiger charge is 2.15. The van der Waals surface area contributed by atoms with Crippen LogP contribution in [0.2, 0.25) is 0 Å². The average Bonchev–Trinajstić information content (AvgIpc) is 2.24. The molecule has 1 aromatic rings. The zero-order valence-electron chi connectivity index (χ0n) is 9.14. The molecule has 0 fully saturated rings. The number of nitrogens with two attached hydrogens (primary N) is 2. The molecule has 0 radical (unpaired) electrons. The number of rotatable bonds is 4. The molecule has 0 atom stereocenters. The fourth-order valence-corrected chi connectivity index (χ4v) is 1.37. The average molecular weight is 221 g/mol. The Kier molecular flexibility index (Phi) is 3.88. The van der Waals surface area contributed by atoms with Crippen molar-refractivity contribution in [3.05, 3.63) is 29.8 Å². The standard InChI is InChI=1S/C11H15N3O2/c1-2-14(7-10(13)15)11(16)8-4-3-5-9(12)6-8/h3-6H,2,7,12H2,1H3,(H2,13,15). The van der Waals surface area contributed by atoms with Crippen LogP contribution in [0.4, 0.5) is 5.69 Å². The first-order valence-corrected chi connectivity index (χ1v) is 4.97. The molecule has 0 heterocycles. The molecule has 0 saturated heterocycles. The molecule has 5 heteroatoms. The van der Waals surface area contributed by atoms with E-state index in [2.05, 4.69) is 0 Å². The van der Waals surface area contributed by atoms with E-state index in [0.29, 0.717) is 17.8 Å². The van der Waals surface area contributed by atoms with Crippen LogP contribution in [0, 0.1) is 0 Å². The maximum Gasteiger partial charge on any atom is 0.254 e. The number of amides is 2. The topological polar surface area (TPSA) is 89.4 Å². The molecule has 16 heavy (non-hydrogen) atoms. The van der Waals surface area contributed by atoms with Gasteiger partial charge in [0.25, 0.3) is 5.91 Å². The molecule has 0 spiro atoms. The molecular formula is C11H15N3O2. The molecule has 0 bridgehead atoms. The molecule has 0 saturated carbocycles. The number of benzene rings is 1. The number of nitrogens with zero attached hydrogens (tertiary/aromatic N) is 1. The van der Waals surface area contributed by atoms with Gasteiger partial charge in [-0.25, -0.2) is 0 Å². The fraction of sp³-hybridized carbons (Fsp3) is 0.273. The molecule has 1 aromatic carbocycles. The van der Waals surface area contributed by atoms with E-state index in [1.807, 2.05) is 0 Å². The third-order valence-electron chi connectivity index (χ3n) is 2.15. The number of carbonyl (C=O) groups excluding carboxylic acids is 2. The van der Waals surface area contributed by atoms with Crippen LogP contribution in [0.25, 0.3) is 0 Å². The Labute approximate surface area is 94.0 Å². The molecule has 0 unspecified atom stereocenters. The lowest BCUT2D eigenvalue weighted by Gasteiger charge is -2.19. The summed E-state index contributed by atoms with van der Waals surface area (Å²) in [5.41, 5.74) is 11.6. The van der Waals surface area contributed by atoms with Gasteiger partial charge in [0.1, 0.15) is 0 Å². The summed E-state index contributed by atoms with van der Waals surface area (Å²) in [6.07, 6.45) is 0. The van der Waals surface area contributed by atoms with E-state index in [0.717, 1.165) is 0 Å². The van der Waals surface area contributed by atoms with Crippen molar-refractivity contribution in [2.24, 2.45) is 5.73 Å². The highest BCUT2D eigenvalue weighted by Crippen LogP contribution is 2.09. The fourth-order valence-electron chi connectivity index (χ4n) is 1.37. The van der Waals surface area contributed by atoms with Crippen LogP contribution in [0.5, 0.6) is 0 Å². The second-order valence-electron chi connectivity index (χ2n) is 3.41. The second-order valence-corrected chi connectivity index (χ2v) is 3.41. The van der Waals surface area contributed by atoms with Crippen LogP contribution < -0.4 is 11.5 Å². The SMILES string of the molecule is CCN(CC(N)=O)C(=O)c1cccc(N)c1. The van der Waals surface area contributed by atoms with Gasteiger partial charge in [0.15, 0.2) is 0 Å². The molecule has 0 aliphatic heterocycles. The van der Waals surface area contributed by atoms with Crippen molar-refractivity contribution in [1.29, 1.82) is 0 Å². The first kappa shape index (κ1) is 12.0. The Morgan fingerprint density at radius 1 is 1.38 bits per heavy atom. The van der Waals surface area contributed by atoms with Crippen molar-refractivity contribution in [2.45, 2.75) is 6.92 Å². The molecule has 0 aliphatic rings. The summed E-state index contributed by atoms with van der Waals surface area (Å²) in [7, 11) is 0. The summed E-state index contributed by atoms with van der Waals surface area (Å²) in [5, 5.41) is 0. The molecular weight excluding hydrogens is 206 g/mol. The van der Waals surface area contributed by atoms with E-state index in [1.165, 1.54) is 4.90 Å². The summed E-state index contributed by atoms with van der Waals surface area (Å²) < 4.78 is 0. The zero-order valence-corrected chi connectivity index (χ0v) is 9.14. The van der Waals surface area contributed by atoms with E-state index in [1.54, 1.807) is 31.2 Å². The van der Waals surface area contributed by atoms with Crippen molar-refractivity contribution in [2.75, 3.05) is 18.8 Å². The van der Waals surface area contributed by atoms with Crippen LogP contribution >= 0.6 is 0 Å². The zero-order chi connectivity index (χ0) is 12.1. The Hall–Kier alpha value is -2.04. The Morgan fingerprint density at radius 2 is 2.06 bits per heavy atom. The third-order valence-corrected chi connectivity index (χ3v) is 2.15. The predicted octanol–water partition coefficient (Wildman–Crippen LogP) is 0.216. The lowest BCUT2D eigenvalue weighted by Crippen LogP contribution is -2.38. The van der Waals surface area contributed by atoms with E-state index in [4.69, 9.17) is 11.5 Å². The molecule has 0 aromatic heterocycles. The molecule has 2 amide bonds. The third kappa shape index (κ3) is 2.98. The summed E-state index contributed by atoms with van der Waals surface area (Å²) in [5.74, 6) is -0.771. The Bertz CT molecular complexity index is 404. The van der Waals surface area contributed by atoms with E-state index >= 15 is 0 Å². The lowest BCUT2D eigenvalue weighted by atomic mass is 10.2. The van der Waals surface area contributed by atoms with Gasteiger partial charge in [-0.15, -0.1) is 0 Å². The van der Waals surface area contributed by atoms with E-state index < -0.39 is 5.91 Å². The smallest absolute Gasteiger partial charge is 0.254 e. The van der Waals surface area contributed by atoms with Crippen LogP contribution in [0.3, 0.4) is 0 Å². The number of hydrogen-bond donors (Lipinski definition) is 2. The second kappa shape index (κ2) is 5.16. The highest BCUT2D eigenvalue weighted by atomic mass is 16.2. The summed E-state index contributed by atoms with van der Waals surface area (Å²) in [6.45, 7) is 2.13. The van der Waals surface area contributed by atoms with Gasteiger partial charge in [-0.1, -0.05) is 6.07 Å². The van der Waals surface area contributed by atoms with Gasteiger partial charge in [-0.3, -0.25) is 9.59 Å².